The molecule has 0 spiro atoms. The van der Waals surface area contributed by atoms with Crippen LogP contribution >= 0.6 is 0 Å². The zero-order chi connectivity index (χ0) is 17.3. The Morgan fingerprint density at radius 3 is 2.69 bits per heavy atom. The van der Waals surface area contributed by atoms with Crippen LogP contribution < -0.4 is 4.90 Å². The third-order valence-electron chi connectivity index (χ3n) is 5.74. The molecule has 134 valence electrons. The quantitative estimate of drug-likeness (QED) is 0.719. The molecule has 0 bridgehead atoms. The first-order chi connectivity index (χ1) is 12.9. The highest BCUT2D eigenvalue weighted by Gasteiger charge is 2.38. The van der Waals surface area contributed by atoms with Gasteiger partial charge in [-0.3, -0.25) is 4.90 Å². The Morgan fingerprint density at radius 2 is 1.77 bits per heavy atom. The number of fused-ring (bicyclic) bond motifs is 1. The summed E-state index contributed by atoms with van der Waals surface area (Å²) < 4.78 is 1.53. The second kappa shape index (κ2) is 6.64. The summed E-state index contributed by atoms with van der Waals surface area (Å²) in [6, 6.07) is 15.9. The van der Waals surface area contributed by atoms with Crippen LogP contribution in [0.2, 0.25) is 0 Å². The first-order valence-corrected chi connectivity index (χ1v) is 9.48. The highest BCUT2D eigenvalue weighted by Crippen LogP contribution is 2.33. The second-order valence-corrected chi connectivity index (χ2v) is 7.29. The van der Waals surface area contributed by atoms with Crippen molar-refractivity contribution >= 4 is 11.5 Å². The maximum absolute atomic E-state index is 4.64. The number of likely N-dealkylation sites (tertiary alicyclic amines) is 1. The molecular formula is C19H23N7. The Bertz CT molecular complexity index is 878. The molecule has 4 heterocycles. The normalized spacial score (nSPS) is 23.9. The van der Waals surface area contributed by atoms with Gasteiger partial charge in [0.2, 0.25) is 0 Å². The molecule has 0 radical (unpaired) electrons. The van der Waals surface area contributed by atoms with Gasteiger partial charge in [0.05, 0.1) is 0 Å². The van der Waals surface area contributed by atoms with Crippen molar-refractivity contribution in [1.29, 1.82) is 0 Å². The van der Waals surface area contributed by atoms with E-state index in [-0.39, 0.29) is 0 Å². The van der Waals surface area contributed by atoms with E-state index in [1.165, 1.54) is 42.4 Å². The molecule has 0 aliphatic carbocycles. The Kier molecular flexibility index (Phi) is 4.01. The van der Waals surface area contributed by atoms with E-state index in [1.54, 1.807) is 0 Å². The van der Waals surface area contributed by atoms with Gasteiger partial charge in [-0.2, -0.15) is 0 Å². The largest absolute Gasteiger partial charge is 0.351 e. The fraction of sp³-hybridized carbons (Fsp3) is 0.474. The number of benzene rings is 1. The number of nitrogens with zero attached hydrogens (tertiary/aromatic N) is 7. The van der Waals surface area contributed by atoms with Crippen molar-refractivity contribution in [2.24, 2.45) is 0 Å². The molecule has 7 nitrogen and oxygen atoms in total. The number of tetrazole rings is 1. The van der Waals surface area contributed by atoms with Crippen molar-refractivity contribution in [3.8, 4) is 0 Å². The topological polar surface area (TPSA) is 62.5 Å². The average molecular weight is 349 g/mol. The lowest BCUT2D eigenvalue weighted by Gasteiger charge is -2.35. The van der Waals surface area contributed by atoms with Gasteiger partial charge in [0, 0.05) is 25.2 Å². The van der Waals surface area contributed by atoms with Gasteiger partial charge in [-0.1, -0.05) is 30.3 Å². The van der Waals surface area contributed by atoms with Gasteiger partial charge in [0.15, 0.2) is 11.5 Å². The van der Waals surface area contributed by atoms with Gasteiger partial charge < -0.3 is 4.90 Å². The number of hydrogen-bond acceptors (Lipinski definition) is 6. The molecule has 2 saturated heterocycles. The van der Waals surface area contributed by atoms with Gasteiger partial charge in [-0.25, -0.2) is 0 Å². The third-order valence-corrected chi connectivity index (χ3v) is 5.74. The van der Waals surface area contributed by atoms with Crippen molar-refractivity contribution in [3.05, 3.63) is 48.0 Å². The van der Waals surface area contributed by atoms with Crippen LogP contribution in [0, 0.1) is 0 Å². The van der Waals surface area contributed by atoms with Crippen LogP contribution in [-0.4, -0.2) is 55.3 Å². The molecule has 0 unspecified atom stereocenters. The molecule has 2 aliphatic rings. The molecule has 0 saturated carbocycles. The summed E-state index contributed by atoms with van der Waals surface area (Å²) in [4.78, 5) is 5.13. The van der Waals surface area contributed by atoms with Crippen molar-refractivity contribution < 1.29 is 0 Å². The maximum Gasteiger partial charge on any atom is 0.200 e. The third kappa shape index (κ3) is 2.82. The van der Waals surface area contributed by atoms with Crippen molar-refractivity contribution in [3.63, 3.8) is 0 Å². The van der Waals surface area contributed by atoms with Crippen LogP contribution in [0.1, 0.15) is 31.2 Å². The number of rotatable bonds is 4. The van der Waals surface area contributed by atoms with Crippen LogP contribution in [0.4, 0.5) is 5.82 Å². The lowest BCUT2D eigenvalue weighted by molar-refractivity contribution is 0.215. The van der Waals surface area contributed by atoms with Gasteiger partial charge in [-0.15, -0.1) is 14.8 Å². The molecule has 3 aromatic rings. The smallest absolute Gasteiger partial charge is 0.200 e. The SMILES string of the molecule is c1ccc(CN2CCC[C@H]2[C@H]2CCCN2c2ccc3nnnn3n2)cc1. The summed E-state index contributed by atoms with van der Waals surface area (Å²) in [6.45, 7) is 3.28. The van der Waals surface area contributed by atoms with E-state index in [4.69, 9.17) is 0 Å². The Labute approximate surface area is 152 Å². The van der Waals surface area contributed by atoms with E-state index < -0.39 is 0 Å². The first kappa shape index (κ1) is 15.7. The molecule has 5 rings (SSSR count). The lowest BCUT2D eigenvalue weighted by atomic mass is 10.0. The van der Waals surface area contributed by atoms with Crippen molar-refractivity contribution in [2.45, 2.75) is 44.3 Å². The minimum Gasteiger partial charge on any atom is -0.351 e. The molecule has 26 heavy (non-hydrogen) atoms. The lowest BCUT2D eigenvalue weighted by Crippen LogP contribution is -2.46. The molecule has 7 heteroatoms. The van der Waals surface area contributed by atoms with E-state index in [1.807, 2.05) is 6.07 Å². The molecule has 2 fully saturated rings. The van der Waals surface area contributed by atoms with Gasteiger partial charge in [0.25, 0.3) is 0 Å². The molecule has 2 atom stereocenters. The van der Waals surface area contributed by atoms with E-state index in [0.717, 1.165) is 18.9 Å². The van der Waals surface area contributed by atoms with Crippen molar-refractivity contribution in [2.75, 3.05) is 18.0 Å². The summed E-state index contributed by atoms with van der Waals surface area (Å²) in [5.74, 6) is 0.985. The van der Waals surface area contributed by atoms with Gasteiger partial charge >= 0.3 is 0 Å². The molecule has 0 amide bonds. The molecule has 0 N–H and O–H groups in total. The number of hydrogen-bond donors (Lipinski definition) is 0. The monoisotopic (exact) mass is 349 g/mol. The van der Waals surface area contributed by atoms with Gasteiger partial charge in [0.1, 0.15) is 0 Å². The molecule has 2 aromatic heterocycles. The summed E-state index contributed by atoms with van der Waals surface area (Å²) in [6.07, 6.45) is 4.99. The minimum atomic E-state index is 0.516. The maximum atomic E-state index is 4.64. The van der Waals surface area contributed by atoms with Crippen LogP contribution in [0.3, 0.4) is 0 Å². The van der Waals surface area contributed by atoms with Crippen LogP contribution in [0.25, 0.3) is 5.65 Å². The summed E-state index contributed by atoms with van der Waals surface area (Å²) >= 11 is 0. The highest BCUT2D eigenvalue weighted by molar-refractivity contribution is 5.46. The summed E-state index contributed by atoms with van der Waals surface area (Å²) in [7, 11) is 0. The van der Waals surface area contributed by atoms with E-state index >= 15 is 0 Å². The van der Waals surface area contributed by atoms with Gasteiger partial charge in [-0.05, 0) is 60.4 Å². The van der Waals surface area contributed by atoms with Crippen LogP contribution in [0.5, 0.6) is 0 Å². The predicted molar refractivity (Wildman–Crippen MR) is 98.8 cm³/mol. The zero-order valence-corrected chi connectivity index (χ0v) is 14.8. The molecule has 2 aliphatic heterocycles. The van der Waals surface area contributed by atoms with E-state index in [9.17, 15) is 0 Å². The fourth-order valence-electron chi connectivity index (χ4n) is 4.57. The van der Waals surface area contributed by atoms with Crippen LogP contribution in [0.15, 0.2) is 42.5 Å². The number of aromatic nitrogens is 5. The number of anilines is 1. The van der Waals surface area contributed by atoms with E-state index in [0.29, 0.717) is 17.7 Å². The van der Waals surface area contributed by atoms with Crippen LogP contribution in [-0.2, 0) is 6.54 Å². The first-order valence-electron chi connectivity index (χ1n) is 9.48. The minimum absolute atomic E-state index is 0.516. The average Bonchev–Trinajstić information content (AvgIpc) is 3.41. The summed E-state index contributed by atoms with van der Waals surface area (Å²) in [5, 5.41) is 16.2. The second-order valence-electron chi connectivity index (χ2n) is 7.29. The Hall–Kier alpha value is -2.54. The standard InChI is InChI=1S/C19H23N7/c1-2-6-15(7-3-1)14-24-12-4-8-16(24)17-9-5-13-25(17)19-11-10-18-20-22-23-26(18)21-19/h1-3,6-7,10-11,16-17H,4-5,8-9,12-14H2/t16-,17+/m0/s1. The predicted octanol–water partition coefficient (Wildman–Crippen LogP) is 2.15. The summed E-state index contributed by atoms with van der Waals surface area (Å²) in [5.41, 5.74) is 2.09. The molecular weight excluding hydrogens is 326 g/mol. The Morgan fingerprint density at radius 1 is 0.923 bits per heavy atom. The zero-order valence-electron chi connectivity index (χ0n) is 14.8. The highest BCUT2D eigenvalue weighted by atomic mass is 15.6. The van der Waals surface area contributed by atoms with E-state index in [2.05, 4.69) is 66.8 Å². The Balaban J connectivity index is 1.38. The van der Waals surface area contributed by atoms with Crippen molar-refractivity contribution in [1.82, 2.24) is 30.2 Å². The fourth-order valence-corrected chi connectivity index (χ4v) is 4.57. The molecule has 1 aromatic carbocycles.